The molecule has 0 radical (unpaired) electrons. The Morgan fingerprint density at radius 1 is 1.13 bits per heavy atom. The van der Waals surface area contributed by atoms with E-state index in [0.717, 1.165) is 5.56 Å². The van der Waals surface area contributed by atoms with E-state index in [2.05, 4.69) is 10.4 Å². The number of ketones is 1. The molecule has 1 heterocycles. The van der Waals surface area contributed by atoms with E-state index in [9.17, 15) is 9.59 Å². The predicted molar refractivity (Wildman–Crippen MR) is 120 cm³/mol. The van der Waals surface area contributed by atoms with Crippen LogP contribution in [0, 0.1) is 6.92 Å². The van der Waals surface area contributed by atoms with Gasteiger partial charge in [0.2, 0.25) is 0 Å². The second-order valence-corrected chi connectivity index (χ2v) is 6.79. The van der Waals surface area contributed by atoms with Gasteiger partial charge in [0.05, 0.1) is 18.4 Å². The second kappa shape index (κ2) is 10.2. The molecule has 3 rings (SSSR count). The highest BCUT2D eigenvalue weighted by Gasteiger charge is 2.11. The molecular formula is C24H25N3O4. The summed E-state index contributed by atoms with van der Waals surface area (Å²) in [5, 5.41) is 7.06. The van der Waals surface area contributed by atoms with Crippen LogP contribution in [0.1, 0.15) is 28.5 Å². The molecule has 0 spiro atoms. The topological polar surface area (TPSA) is 82.5 Å². The van der Waals surface area contributed by atoms with Crippen molar-refractivity contribution in [3.63, 3.8) is 0 Å². The zero-order valence-corrected chi connectivity index (χ0v) is 17.8. The summed E-state index contributed by atoms with van der Waals surface area (Å²) in [6.45, 7) is 4.34. The number of nitrogens with one attached hydrogen (secondary N) is 1. The fourth-order valence-electron chi connectivity index (χ4n) is 2.95. The molecule has 1 N–H and O–H groups in total. The van der Waals surface area contributed by atoms with Crippen molar-refractivity contribution in [1.82, 2.24) is 9.78 Å². The number of allylic oxidation sites excluding steroid dienone is 1. The number of aromatic nitrogens is 2. The Labute approximate surface area is 181 Å². The number of aryl methyl sites for hydroxylation is 2. The highest BCUT2D eigenvalue weighted by molar-refractivity contribution is 6.07. The number of methoxy groups -OCH3 is 1. The molecule has 0 bridgehead atoms. The Kier molecular flexibility index (Phi) is 7.22. The molecule has 2 aromatic carbocycles. The number of para-hydroxylation sites is 1. The molecule has 31 heavy (non-hydrogen) atoms. The van der Waals surface area contributed by atoms with Crippen LogP contribution in [0.15, 0.2) is 60.8 Å². The van der Waals surface area contributed by atoms with Crippen molar-refractivity contribution >= 4 is 23.5 Å². The Hall–Kier alpha value is -3.87. The maximum Gasteiger partial charge on any atom is 0.262 e. The van der Waals surface area contributed by atoms with E-state index in [-0.39, 0.29) is 18.3 Å². The van der Waals surface area contributed by atoms with Gasteiger partial charge in [-0.3, -0.25) is 14.3 Å². The van der Waals surface area contributed by atoms with Crippen molar-refractivity contribution < 1.29 is 19.1 Å². The van der Waals surface area contributed by atoms with E-state index < -0.39 is 0 Å². The first kappa shape index (κ1) is 21.8. The van der Waals surface area contributed by atoms with Crippen molar-refractivity contribution in [2.75, 3.05) is 19.0 Å². The van der Waals surface area contributed by atoms with Gasteiger partial charge in [-0.2, -0.15) is 5.10 Å². The molecule has 0 atom stereocenters. The van der Waals surface area contributed by atoms with Crippen LogP contribution >= 0.6 is 0 Å². The predicted octanol–water partition coefficient (Wildman–Crippen LogP) is 4.13. The molecular weight excluding hydrogens is 394 g/mol. The third-order valence-electron chi connectivity index (χ3n) is 4.57. The fourth-order valence-corrected chi connectivity index (χ4v) is 2.95. The van der Waals surface area contributed by atoms with Gasteiger partial charge in [0.15, 0.2) is 23.9 Å². The minimum atomic E-state index is -0.272. The van der Waals surface area contributed by atoms with Gasteiger partial charge in [-0.1, -0.05) is 30.3 Å². The summed E-state index contributed by atoms with van der Waals surface area (Å²) >= 11 is 0. The van der Waals surface area contributed by atoms with Gasteiger partial charge in [0.1, 0.15) is 0 Å². The van der Waals surface area contributed by atoms with E-state index in [4.69, 9.17) is 9.47 Å². The minimum Gasteiger partial charge on any atom is -0.493 e. The average Bonchev–Trinajstić information content (AvgIpc) is 3.17. The van der Waals surface area contributed by atoms with Gasteiger partial charge < -0.3 is 14.8 Å². The van der Waals surface area contributed by atoms with Gasteiger partial charge in [0, 0.05) is 18.4 Å². The van der Waals surface area contributed by atoms with Crippen LogP contribution < -0.4 is 14.8 Å². The maximum absolute atomic E-state index is 12.5. The van der Waals surface area contributed by atoms with Crippen molar-refractivity contribution in [1.29, 1.82) is 0 Å². The van der Waals surface area contributed by atoms with E-state index >= 15 is 0 Å². The van der Waals surface area contributed by atoms with Crippen molar-refractivity contribution in [3.05, 3.63) is 77.6 Å². The molecule has 7 nitrogen and oxygen atoms in total. The van der Waals surface area contributed by atoms with E-state index in [0.29, 0.717) is 35.0 Å². The number of anilines is 1. The monoisotopic (exact) mass is 419 g/mol. The summed E-state index contributed by atoms with van der Waals surface area (Å²) in [5.74, 6) is 0.520. The number of nitrogens with zero attached hydrogens (tertiary/aromatic N) is 2. The van der Waals surface area contributed by atoms with Crippen LogP contribution in [0.3, 0.4) is 0 Å². The van der Waals surface area contributed by atoms with Gasteiger partial charge in [0.25, 0.3) is 5.91 Å². The van der Waals surface area contributed by atoms with Gasteiger partial charge >= 0.3 is 0 Å². The number of carbonyl (C=O) groups excluding carboxylic acids is 2. The quantitative estimate of drug-likeness (QED) is 0.416. The molecule has 0 saturated heterocycles. The molecule has 1 aromatic heterocycles. The highest BCUT2D eigenvalue weighted by atomic mass is 16.5. The summed E-state index contributed by atoms with van der Waals surface area (Å²) in [6, 6.07) is 14.4. The minimum absolute atomic E-state index is 0.117. The smallest absolute Gasteiger partial charge is 0.262 e. The number of rotatable bonds is 9. The molecule has 0 fully saturated rings. The molecule has 0 aliphatic rings. The normalized spacial score (nSPS) is 10.8. The van der Waals surface area contributed by atoms with Crippen LogP contribution in [0.5, 0.6) is 11.5 Å². The largest absolute Gasteiger partial charge is 0.493 e. The standard InChI is InChI=1S/C24H25N3O4/c1-4-27-15-20(17(2)26-27)21(28)12-10-18-11-13-22(23(14-18)30-3)31-16-24(29)25-19-8-6-5-7-9-19/h5-15H,4,16H2,1-3H3,(H,25,29)/b12-10+. The molecule has 1 amide bonds. The number of amides is 1. The molecule has 7 heteroatoms. The summed E-state index contributed by atoms with van der Waals surface area (Å²) in [6.07, 6.45) is 4.96. The SMILES string of the molecule is CCn1cc(C(=O)/C=C/c2ccc(OCC(=O)Nc3ccccc3)c(OC)c2)c(C)n1. The van der Waals surface area contributed by atoms with Gasteiger partial charge in [-0.25, -0.2) is 0 Å². The van der Waals surface area contributed by atoms with Crippen molar-refractivity contribution in [2.24, 2.45) is 0 Å². The summed E-state index contributed by atoms with van der Waals surface area (Å²) in [4.78, 5) is 24.6. The van der Waals surface area contributed by atoms with Gasteiger partial charge in [-0.05, 0) is 49.8 Å². The Morgan fingerprint density at radius 2 is 1.90 bits per heavy atom. The zero-order chi connectivity index (χ0) is 22.2. The lowest BCUT2D eigenvalue weighted by molar-refractivity contribution is -0.118. The maximum atomic E-state index is 12.5. The Bertz CT molecular complexity index is 1090. The lowest BCUT2D eigenvalue weighted by Gasteiger charge is -2.11. The molecule has 3 aromatic rings. The van der Waals surface area contributed by atoms with Crippen LogP contribution in [0.2, 0.25) is 0 Å². The molecule has 0 aliphatic carbocycles. The van der Waals surface area contributed by atoms with E-state index in [1.807, 2.05) is 32.0 Å². The van der Waals surface area contributed by atoms with E-state index in [1.54, 1.807) is 47.3 Å². The van der Waals surface area contributed by atoms with Crippen LogP contribution in [0.25, 0.3) is 6.08 Å². The number of hydrogen-bond donors (Lipinski definition) is 1. The molecule has 0 aliphatic heterocycles. The second-order valence-electron chi connectivity index (χ2n) is 6.79. The first-order chi connectivity index (χ1) is 15.0. The summed E-state index contributed by atoms with van der Waals surface area (Å²) in [7, 11) is 1.52. The molecule has 0 unspecified atom stereocenters. The number of benzene rings is 2. The van der Waals surface area contributed by atoms with Crippen molar-refractivity contribution in [2.45, 2.75) is 20.4 Å². The lowest BCUT2D eigenvalue weighted by atomic mass is 10.1. The Morgan fingerprint density at radius 3 is 2.58 bits per heavy atom. The van der Waals surface area contributed by atoms with Crippen LogP contribution in [-0.2, 0) is 11.3 Å². The first-order valence-electron chi connectivity index (χ1n) is 9.92. The third-order valence-corrected chi connectivity index (χ3v) is 4.57. The number of hydrogen-bond acceptors (Lipinski definition) is 5. The molecule has 0 saturated carbocycles. The van der Waals surface area contributed by atoms with Crippen LogP contribution in [0.4, 0.5) is 5.69 Å². The summed E-state index contributed by atoms with van der Waals surface area (Å²) < 4.78 is 12.7. The first-order valence-corrected chi connectivity index (χ1v) is 9.92. The third kappa shape index (κ3) is 5.82. The average molecular weight is 419 g/mol. The Balaban J connectivity index is 1.63. The van der Waals surface area contributed by atoms with Gasteiger partial charge in [-0.15, -0.1) is 0 Å². The van der Waals surface area contributed by atoms with E-state index in [1.165, 1.54) is 13.2 Å². The number of carbonyl (C=O) groups is 2. The summed E-state index contributed by atoms with van der Waals surface area (Å²) in [5.41, 5.74) is 2.75. The highest BCUT2D eigenvalue weighted by Crippen LogP contribution is 2.28. The molecule has 160 valence electrons. The van der Waals surface area contributed by atoms with Crippen LogP contribution in [-0.4, -0.2) is 35.2 Å². The zero-order valence-electron chi connectivity index (χ0n) is 17.8. The fraction of sp³-hybridized carbons (Fsp3) is 0.208. The lowest BCUT2D eigenvalue weighted by Crippen LogP contribution is -2.20. The van der Waals surface area contributed by atoms with Crippen molar-refractivity contribution in [3.8, 4) is 11.5 Å². The number of ether oxygens (including phenoxy) is 2.